The van der Waals surface area contributed by atoms with Gasteiger partial charge in [0.15, 0.2) is 5.57 Å². The van der Waals surface area contributed by atoms with Crippen molar-refractivity contribution < 1.29 is 14.5 Å². The second-order valence-electron chi connectivity index (χ2n) is 5.99. The van der Waals surface area contributed by atoms with Crippen LogP contribution in [0.1, 0.15) is 5.56 Å². The SMILES string of the molecule is Cn1c(=O)c(=Cc2ccccc2[N+](=O)[O-])s/c1=C(/C#N)C(=O)N1CCOCC1. The molecule has 2 heterocycles. The molecule has 0 unspecified atom stereocenters. The first-order valence-corrected chi connectivity index (χ1v) is 9.18. The summed E-state index contributed by atoms with van der Waals surface area (Å²) in [7, 11) is 1.47. The molecule has 1 fully saturated rings. The van der Waals surface area contributed by atoms with Crippen LogP contribution in [0, 0.1) is 21.4 Å². The van der Waals surface area contributed by atoms with E-state index in [1.54, 1.807) is 6.07 Å². The molecule has 10 heteroatoms. The molecule has 0 aliphatic carbocycles. The number of nitrogens with zero attached hydrogens (tertiary/aromatic N) is 4. The summed E-state index contributed by atoms with van der Waals surface area (Å²) < 4.78 is 6.86. The molecule has 0 spiro atoms. The van der Waals surface area contributed by atoms with Crippen LogP contribution in [0.5, 0.6) is 0 Å². The van der Waals surface area contributed by atoms with E-state index in [4.69, 9.17) is 4.74 Å². The third-order valence-corrected chi connectivity index (χ3v) is 5.47. The van der Waals surface area contributed by atoms with Crippen molar-refractivity contribution >= 4 is 34.6 Å². The van der Waals surface area contributed by atoms with Gasteiger partial charge in [-0.05, 0) is 12.1 Å². The van der Waals surface area contributed by atoms with Gasteiger partial charge in [-0.25, -0.2) is 0 Å². The van der Waals surface area contributed by atoms with Crippen molar-refractivity contribution in [1.29, 1.82) is 5.26 Å². The minimum absolute atomic E-state index is 0.131. The molecule has 1 aromatic heterocycles. The Kier molecular flexibility index (Phi) is 5.67. The molecule has 0 atom stereocenters. The van der Waals surface area contributed by atoms with Crippen LogP contribution in [0.2, 0.25) is 0 Å². The van der Waals surface area contributed by atoms with E-state index in [1.165, 1.54) is 40.8 Å². The predicted octanol–water partition coefficient (Wildman–Crippen LogP) is -0.283. The number of hydrogen-bond donors (Lipinski definition) is 0. The molecule has 1 saturated heterocycles. The summed E-state index contributed by atoms with van der Waals surface area (Å²) in [6, 6.07) is 7.95. The summed E-state index contributed by atoms with van der Waals surface area (Å²) in [5, 5.41) is 20.7. The monoisotopic (exact) mass is 400 g/mol. The van der Waals surface area contributed by atoms with E-state index in [2.05, 4.69) is 0 Å². The average Bonchev–Trinajstić information content (AvgIpc) is 2.98. The van der Waals surface area contributed by atoms with Crippen molar-refractivity contribution in [2.24, 2.45) is 7.05 Å². The Labute approximate surface area is 163 Å². The fourth-order valence-electron chi connectivity index (χ4n) is 2.81. The van der Waals surface area contributed by atoms with E-state index in [-0.39, 0.29) is 26.0 Å². The van der Waals surface area contributed by atoms with E-state index in [1.807, 2.05) is 6.07 Å². The molecule has 28 heavy (non-hydrogen) atoms. The molecule has 0 radical (unpaired) electrons. The first-order chi connectivity index (χ1) is 13.4. The Morgan fingerprint density at radius 3 is 2.68 bits per heavy atom. The van der Waals surface area contributed by atoms with Crippen LogP contribution >= 0.6 is 11.3 Å². The van der Waals surface area contributed by atoms with Gasteiger partial charge in [0.05, 0.1) is 28.2 Å². The van der Waals surface area contributed by atoms with Gasteiger partial charge in [-0.15, -0.1) is 11.3 Å². The van der Waals surface area contributed by atoms with Gasteiger partial charge in [0.25, 0.3) is 17.2 Å². The van der Waals surface area contributed by atoms with Gasteiger partial charge in [0.1, 0.15) is 10.7 Å². The standard InChI is InChI=1S/C18H16N4O5S/c1-20-17(24)15(10-12-4-2-3-5-14(12)22(25)26)28-18(20)13(11-19)16(23)21-6-8-27-9-7-21/h2-5,10H,6-9H2,1H3/b15-10?,18-13-. The van der Waals surface area contributed by atoms with E-state index < -0.39 is 16.4 Å². The molecule has 1 aliphatic rings. The number of amides is 1. The van der Waals surface area contributed by atoms with Crippen molar-refractivity contribution in [3.63, 3.8) is 0 Å². The Morgan fingerprint density at radius 1 is 1.36 bits per heavy atom. The summed E-state index contributed by atoms with van der Waals surface area (Å²) in [5.41, 5.74) is -0.418. The Hall–Kier alpha value is -3.29. The molecule has 1 aliphatic heterocycles. The van der Waals surface area contributed by atoms with E-state index in [0.717, 1.165) is 11.3 Å². The summed E-state index contributed by atoms with van der Waals surface area (Å²) in [4.78, 5) is 37.5. The number of hydrogen-bond acceptors (Lipinski definition) is 7. The van der Waals surface area contributed by atoms with Gasteiger partial charge in [-0.2, -0.15) is 5.26 Å². The average molecular weight is 400 g/mol. The molecule has 1 aromatic carbocycles. The van der Waals surface area contributed by atoms with Gasteiger partial charge in [0, 0.05) is 26.2 Å². The second-order valence-corrected chi connectivity index (χ2v) is 7.02. The maximum atomic E-state index is 12.7. The molecule has 144 valence electrons. The zero-order valence-corrected chi connectivity index (χ0v) is 15.8. The lowest BCUT2D eigenvalue weighted by Crippen LogP contribution is -2.42. The maximum absolute atomic E-state index is 12.7. The highest BCUT2D eigenvalue weighted by Crippen LogP contribution is 2.17. The highest BCUT2D eigenvalue weighted by molar-refractivity contribution is 7.07. The van der Waals surface area contributed by atoms with Gasteiger partial charge < -0.3 is 14.2 Å². The number of nitro groups is 1. The summed E-state index contributed by atoms with van der Waals surface area (Å²) in [5.74, 6) is -0.458. The quantitative estimate of drug-likeness (QED) is 0.516. The number of para-hydroxylation sites is 1. The first-order valence-electron chi connectivity index (χ1n) is 8.36. The number of thiazole rings is 1. The fraction of sp³-hybridized carbons (Fsp3) is 0.278. The number of morpholine rings is 1. The van der Waals surface area contributed by atoms with Crippen molar-refractivity contribution in [3.05, 3.63) is 59.5 Å². The number of aromatic nitrogens is 1. The molecule has 0 saturated carbocycles. The minimum atomic E-state index is -0.528. The lowest BCUT2D eigenvalue weighted by molar-refractivity contribution is -0.385. The van der Waals surface area contributed by atoms with Crippen molar-refractivity contribution in [2.75, 3.05) is 26.3 Å². The van der Waals surface area contributed by atoms with Gasteiger partial charge >= 0.3 is 0 Å². The zero-order valence-electron chi connectivity index (χ0n) is 15.0. The van der Waals surface area contributed by atoms with Crippen LogP contribution in [0.25, 0.3) is 11.6 Å². The molecular weight excluding hydrogens is 384 g/mol. The van der Waals surface area contributed by atoms with Crippen molar-refractivity contribution in [2.45, 2.75) is 0 Å². The molecule has 2 aromatic rings. The maximum Gasteiger partial charge on any atom is 0.276 e. The minimum Gasteiger partial charge on any atom is -0.378 e. The number of benzene rings is 1. The molecule has 0 N–H and O–H groups in total. The largest absolute Gasteiger partial charge is 0.378 e. The first kappa shape index (κ1) is 19.5. The fourth-order valence-corrected chi connectivity index (χ4v) is 3.89. The van der Waals surface area contributed by atoms with Crippen LogP contribution in [0.4, 0.5) is 5.69 Å². The van der Waals surface area contributed by atoms with E-state index in [9.17, 15) is 25.0 Å². The number of ether oxygens (including phenoxy) is 1. The smallest absolute Gasteiger partial charge is 0.276 e. The summed E-state index contributed by atoms with van der Waals surface area (Å²) >= 11 is 0.960. The second kappa shape index (κ2) is 8.16. The number of nitriles is 1. The van der Waals surface area contributed by atoms with Crippen LogP contribution < -0.4 is 14.8 Å². The number of carbonyl (C=O) groups is 1. The molecule has 9 nitrogen and oxygen atoms in total. The highest BCUT2D eigenvalue weighted by Gasteiger charge is 2.23. The van der Waals surface area contributed by atoms with Crippen molar-refractivity contribution in [3.8, 4) is 6.07 Å². The molecule has 3 rings (SSSR count). The predicted molar refractivity (Wildman–Crippen MR) is 102 cm³/mol. The van der Waals surface area contributed by atoms with Crippen LogP contribution in [-0.2, 0) is 16.6 Å². The molecular formula is C18H16N4O5S. The lowest BCUT2D eigenvalue weighted by Gasteiger charge is -2.26. The molecule has 1 amide bonds. The van der Waals surface area contributed by atoms with Crippen molar-refractivity contribution in [1.82, 2.24) is 9.47 Å². The summed E-state index contributed by atoms with van der Waals surface area (Å²) in [6.45, 7) is 1.53. The van der Waals surface area contributed by atoms with Crippen LogP contribution in [-0.4, -0.2) is 46.6 Å². The Bertz CT molecular complexity index is 1150. The van der Waals surface area contributed by atoms with Gasteiger partial charge in [0.2, 0.25) is 0 Å². The van der Waals surface area contributed by atoms with Crippen LogP contribution in [0.3, 0.4) is 0 Å². The Balaban J connectivity index is 2.17. The zero-order chi connectivity index (χ0) is 20.3. The lowest BCUT2D eigenvalue weighted by atomic mass is 10.2. The summed E-state index contributed by atoms with van der Waals surface area (Å²) in [6.07, 6.45) is 1.41. The Morgan fingerprint density at radius 2 is 2.04 bits per heavy atom. The van der Waals surface area contributed by atoms with E-state index in [0.29, 0.717) is 26.3 Å². The third kappa shape index (κ3) is 3.71. The number of carbonyl (C=O) groups excluding carboxylic acids is 1. The number of nitro benzene ring substituents is 1. The van der Waals surface area contributed by atoms with Crippen LogP contribution in [0.15, 0.2) is 29.1 Å². The van der Waals surface area contributed by atoms with E-state index >= 15 is 0 Å². The topological polar surface area (TPSA) is 118 Å². The third-order valence-electron chi connectivity index (χ3n) is 4.28. The van der Waals surface area contributed by atoms with Gasteiger partial charge in [-0.3, -0.25) is 19.7 Å². The molecule has 0 bridgehead atoms. The van der Waals surface area contributed by atoms with Gasteiger partial charge in [-0.1, -0.05) is 12.1 Å². The normalized spacial score (nSPS) is 15.9. The number of rotatable bonds is 3. The highest BCUT2D eigenvalue weighted by atomic mass is 32.1.